The highest BCUT2D eigenvalue weighted by Gasteiger charge is 2.22. The van der Waals surface area contributed by atoms with Gasteiger partial charge < -0.3 is 5.32 Å². The van der Waals surface area contributed by atoms with Crippen molar-refractivity contribution in [3.05, 3.63) is 0 Å². The standard InChI is InChI=1S/C6H15NO3S/c1-4-7-5(2)6(3)11(8,9)10/h5-7H,4H2,1-3H3,(H,8,9,10). The van der Waals surface area contributed by atoms with Gasteiger partial charge in [-0.25, -0.2) is 0 Å². The van der Waals surface area contributed by atoms with Gasteiger partial charge in [-0.1, -0.05) is 6.92 Å². The van der Waals surface area contributed by atoms with Gasteiger partial charge in [0.2, 0.25) is 0 Å². The first kappa shape index (κ1) is 10.9. The van der Waals surface area contributed by atoms with E-state index in [-0.39, 0.29) is 6.04 Å². The van der Waals surface area contributed by atoms with Crippen LogP contribution >= 0.6 is 0 Å². The van der Waals surface area contributed by atoms with E-state index in [2.05, 4.69) is 5.32 Å². The lowest BCUT2D eigenvalue weighted by molar-refractivity contribution is 0.444. The van der Waals surface area contributed by atoms with Gasteiger partial charge in [-0.3, -0.25) is 4.55 Å². The van der Waals surface area contributed by atoms with Crippen molar-refractivity contribution < 1.29 is 13.0 Å². The van der Waals surface area contributed by atoms with Crippen molar-refractivity contribution in [1.82, 2.24) is 5.32 Å². The Kier molecular flexibility index (Phi) is 3.99. The molecule has 0 aromatic rings. The Labute approximate surface area is 67.7 Å². The molecule has 2 unspecified atom stereocenters. The van der Waals surface area contributed by atoms with Crippen LogP contribution in [0, 0.1) is 0 Å². The smallest absolute Gasteiger partial charge is 0.269 e. The quantitative estimate of drug-likeness (QED) is 0.611. The van der Waals surface area contributed by atoms with Crippen molar-refractivity contribution >= 4 is 10.1 Å². The molecule has 0 fully saturated rings. The summed E-state index contributed by atoms with van der Waals surface area (Å²) in [4.78, 5) is 0. The van der Waals surface area contributed by atoms with Crippen molar-refractivity contribution in [3.63, 3.8) is 0 Å². The van der Waals surface area contributed by atoms with Crippen LogP contribution in [0.1, 0.15) is 20.8 Å². The summed E-state index contributed by atoms with van der Waals surface area (Å²) in [6.45, 7) is 5.78. The summed E-state index contributed by atoms with van der Waals surface area (Å²) in [7, 11) is -3.89. The average molecular weight is 181 g/mol. The Morgan fingerprint density at radius 1 is 1.45 bits per heavy atom. The summed E-state index contributed by atoms with van der Waals surface area (Å²) in [6.07, 6.45) is 0. The van der Waals surface area contributed by atoms with Crippen LogP contribution in [0.4, 0.5) is 0 Å². The summed E-state index contributed by atoms with van der Waals surface area (Å²) in [5.41, 5.74) is 0. The molecule has 4 nitrogen and oxygen atoms in total. The normalized spacial score (nSPS) is 17.8. The van der Waals surface area contributed by atoms with E-state index in [9.17, 15) is 8.42 Å². The highest BCUT2D eigenvalue weighted by molar-refractivity contribution is 7.86. The SMILES string of the molecule is CCNC(C)C(C)S(=O)(=O)O. The van der Waals surface area contributed by atoms with E-state index < -0.39 is 15.4 Å². The maximum absolute atomic E-state index is 10.6. The van der Waals surface area contributed by atoms with Crippen molar-refractivity contribution in [2.45, 2.75) is 32.1 Å². The molecule has 68 valence electrons. The second kappa shape index (κ2) is 4.04. The zero-order valence-electron chi connectivity index (χ0n) is 7.03. The minimum atomic E-state index is -3.89. The minimum Gasteiger partial charge on any atom is -0.313 e. The first-order chi connectivity index (χ1) is 4.89. The lowest BCUT2D eigenvalue weighted by atomic mass is 10.2. The molecule has 5 heteroatoms. The lowest BCUT2D eigenvalue weighted by Crippen LogP contribution is -2.39. The number of nitrogens with one attached hydrogen (secondary N) is 1. The summed E-state index contributed by atoms with van der Waals surface area (Å²) in [6, 6.07) is -0.213. The lowest BCUT2D eigenvalue weighted by Gasteiger charge is -2.17. The van der Waals surface area contributed by atoms with Gasteiger partial charge in [0.15, 0.2) is 0 Å². The molecule has 0 heterocycles. The van der Waals surface area contributed by atoms with Gasteiger partial charge in [0.25, 0.3) is 10.1 Å². The molecule has 0 bridgehead atoms. The maximum atomic E-state index is 10.6. The van der Waals surface area contributed by atoms with Gasteiger partial charge in [-0.2, -0.15) is 8.42 Å². The summed E-state index contributed by atoms with van der Waals surface area (Å²) < 4.78 is 29.7. The Morgan fingerprint density at radius 3 is 2.18 bits per heavy atom. The predicted octanol–water partition coefficient (Wildman–Crippen LogP) is 0.261. The predicted molar refractivity (Wildman–Crippen MR) is 44.1 cm³/mol. The highest BCUT2D eigenvalue weighted by atomic mass is 32.2. The van der Waals surface area contributed by atoms with Gasteiger partial charge in [-0.05, 0) is 20.4 Å². The van der Waals surface area contributed by atoms with E-state index in [1.165, 1.54) is 6.92 Å². The number of hydrogen-bond donors (Lipinski definition) is 2. The molecule has 2 atom stereocenters. The maximum Gasteiger partial charge on any atom is 0.269 e. The van der Waals surface area contributed by atoms with E-state index in [1.807, 2.05) is 6.92 Å². The van der Waals surface area contributed by atoms with Gasteiger partial charge in [0.1, 0.15) is 0 Å². The third-order valence-corrected chi connectivity index (χ3v) is 3.05. The van der Waals surface area contributed by atoms with Gasteiger partial charge in [0.05, 0.1) is 5.25 Å². The zero-order valence-corrected chi connectivity index (χ0v) is 7.85. The molecule has 11 heavy (non-hydrogen) atoms. The van der Waals surface area contributed by atoms with Crippen LogP contribution in [0.3, 0.4) is 0 Å². The van der Waals surface area contributed by atoms with E-state index in [0.29, 0.717) is 6.54 Å². The largest absolute Gasteiger partial charge is 0.313 e. The third-order valence-electron chi connectivity index (χ3n) is 1.70. The molecule has 0 aliphatic rings. The second-order valence-corrected chi connectivity index (χ2v) is 4.34. The van der Waals surface area contributed by atoms with Crippen LogP contribution in [0.5, 0.6) is 0 Å². The summed E-state index contributed by atoms with van der Waals surface area (Å²) in [5, 5.41) is 2.16. The van der Waals surface area contributed by atoms with Crippen LogP contribution < -0.4 is 5.32 Å². The molecule has 0 aromatic carbocycles. The summed E-state index contributed by atoms with van der Waals surface area (Å²) >= 11 is 0. The fraction of sp³-hybridized carbons (Fsp3) is 1.00. The van der Waals surface area contributed by atoms with Crippen LogP contribution in [-0.4, -0.2) is 30.8 Å². The van der Waals surface area contributed by atoms with Gasteiger partial charge in [0, 0.05) is 6.04 Å². The van der Waals surface area contributed by atoms with Crippen LogP contribution in [0.25, 0.3) is 0 Å². The molecule has 0 radical (unpaired) electrons. The highest BCUT2D eigenvalue weighted by Crippen LogP contribution is 2.02. The molecular formula is C6H15NO3S. The second-order valence-electron chi connectivity index (χ2n) is 2.57. The Balaban J connectivity index is 4.14. The molecule has 0 saturated carbocycles. The topological polar surface area (TPSA) is 66.4 Å². The van der Waals surface area contributed by atoms with Crippen LogP contribution in [0.2, 0.25) is 0 Å². The molecule has 0 aromatic heterocycles. The minimum absolute atomic E-state index is 0.213. The fourth-order valence-electron chi connectivity index (χ4n) is 0.746. The fourth-order valence-corrected chi connectivity index (χ4v) is 1.36. The number of hydrogen-bond acceptors (Lipinski definition) is 3. The van der Waals surface area contributed by atoms with Gasteiger partial charge >= 0.3 is 0 Å². The monoisotopic (exact) mass is 181 g/mol. The first-order valence-corrected chi connectivity index (χ1v) is 5.09. The third kappa shape index (κ3) is 3.69. The van der Waals surface area contributed by atoms with Crippen LogP contribution in [0.15, 0.2) is 0 Å². The van der Waals surface area contributed by atoms with Gasteiger partial charge in [-0.15, -0.1) is 0 Å². The Hall–Kier alpha value is -0.130. The first-order valence-electron chi connectivity index (χ1n) is 3.59. The number of rotatable bonds is 4. The zero-order chi connectivity index (χ0) is 9.07. The van der Waals surface area contributed by atoms with E-state index in [1.54, 1.807) is 6.92 Å². The van der Waals surface area contributed by atoms with Crippen molar-refractivity contribution in [3.8, 4) is 0 Å². The summed E-state index contributed by atoms with van der Waals surface area (Å²) in [5.74, 6) is 0. The average Bonchev–Trinajstić information content (AvgIpc) is 1.85. The Bertz CT molecular complexity index is 200. The Morgan fingerprint density at radius 2 is 1.91 bits per heavy atom. The van der Waals surface area contributed by atoms with E-state index >= 15 is 0 Å². The van der Waals surface area contributed by atoms with Crippen LogP contribution in [-0.2, 0) is 10.1 Å². The molecule has 0 aliphatic heterocycles. The molecule has 0 rings (SSSR count). The molecule has 0 spiro atoms. The van der Waals surface area contributed by atoms with Crippen molar-refractivity contribution in [1.29, 1.82) is 0 Å². The van der Waals surface area contributed by atoms with Crippen molar-refractivity contribution in [2.75, 3.05) is 6.54 Å². The molecular weight excluding hydrogens is 166 g/mol. The molecule has 0 saturated heterocycles. The molecule has 0 aliphatic carbocycles. The molecule has 0 amide bonds. The van der Waals surface area contributed by atoms with E-state index in [0.717, 1.165) is 0 Å². The van der Waals surface area contributed by atoms with E-state index in [4.69, 9.17) is 4.55 Å². The van der Waals surface area contributed by atoms with Crippen molar-refractivity contribution in [2.24, 2.45) is 0 Å². The molecule has 2 N–H and O–H groups in total.